The maximum atomic E-state index is 10.4. The van der Waals surface area contributed by atoms with Gasteiger partial charge < -0.3 is 5.11 Å². The number of carboxylic acids is 1. The van der Waals surface area contributed by atoms with Gasteiger partial charge in [-0.05, 0) is 6.42 Å². The van der Waals surface area contributed by atoms with E-state index in [-0.39, 0.29) is 5.92 Å². The highest BCUT2D eigenvalue weighted by atomic mass is 32.1. The maximum Gasteiger partial charge on any atom is 0.306 e. The number of carboxylic acid groups (broad SMARTS) is 1. The zero-order valence-electron chi connectivity index (χ0n) is 6.15. The molecule has 1 heterocycles. The van der Waals surface area contributed by atoms with Crippen LogP contribution in [-0.4, -0.2) is 16.1 Å². The van der Waals surface area contributed by atoms with Gasteiger partial charge in [0.15, 0.2) is 0 Å². The summed E-state index contributed by atoms with van der Waals surface area (Å²) in [5.41, 5.74) is 1.71. The van der Waals surface area contributed by atoms with Crippen molar-refractivity contribution in [3.05, 3.63) is 16.6 Å². The Hall–Kier alpha value is -0.900. The molecule has 1 rings (SSSR count). The van der Waals surface area contributed by atoms with Crippen LogP contribution in [0, 0.1) is 5.92 Å². The van der Waals surface area contributed by atoms with Crippen molar-refractivity contribution in [2.45, 2.75) is 13.3 Å². The SMILES string of the molecule is CC(Cc1cncs1)C(=O)O. The van der Waals surface area contributed by atoms with Gasteiger partial charge in [-0.3, -0.25) is 9.78 Å². The molecule has 0 aliphatic heterocycles. The fraction of sp³-hybridized carbons (Fsp3) is 0.429. The van der Waals surface area contributed by atoms with E-state index in [1.54, 1.807) is 18.6 Å². The van der Waals surface area contributed by atoms with Gasteiger partial charge in [0, 0.05) is 11.1 Å². The standard InChI is InChI=1S/C7H9NO2S/c1-5(7(9)10)2-6-3-8-4-11-6/h3-5H,2H2,1H3,(H,9,10). The average molecular weight is 171 g/mol. The van der Waals surface area contributed by atoms with Crippen LogP contribution in [0.5, 0.6) is 0 Å². The average Bonchev–Trinajstić information content (AvgIpc) is 2.39. The van der Waals surface area contributed by atoms with Crippen LogP contribution >= 0.6 is 11.3 Å². The molecule has 0 spiro atoms. The fourth-order valence-electron chi connectivity index (χ4n) is 0.732. The summed E-state index contributed by atoms with van der Waals surface area (Å²) in [6.07, 6.45) is 2.30. The van der Waals surface area contributed by atoms with Gasteiger partial charge in [0.1, 0.15) is 0 Å². The first-order valence-corrected chi connectivity index (χ1v) is 4.18. The molecule has 3 nitrogen and oxygen atoms in total. The molecule has 1 unspecified atom stereocenters. The van der Waals surface area contributed by atoms with Crippen molar-refractivity contribution in [2.75, 3.05) is 0 Å². The zero-order valence-corrected chi connectivity index (χ0v) is 6.97. The molecular formula is C7H9NO2S. The lowest BCUT2D eigenvalue weighted by Crippen LogP contribution is -2.11. The van der Waals surface area contributed by atoms with E-state index in [4.69, 9.17) is 5.11 Å². The van der Waals surface area contributed by atoms with Crippen LogP contribution in [0.25, 0.3) is 0 Å². The minimum atomic E-state index is -0.751. The number of hydrogen-bond donors (Lipinski definition) is 1. The molecule has 0 fully saturated rings. The van der Waals surface area contributed by atoms with Crippen molar-refractivity contribution < 1.29 is 9.90 Å². The Morgan fingerprint density at radius 1 is 1.91 bits per heavy atom. The molecule has 0 saturated heterocycles. The Morgan fingerprint density at radius 2 is 2.64 bits per heavy atom. The van der Waals surface area contributed by atoms with E-state index in [1.165, 1.54) is 11.3 Å². The van der Waals surface area contributed by atoms with Crippen LogP contribution in [0.15, 0.2) is 11.7 Å². The second-order valence-electron chi connectivity index (χ2n) is 2.41. The summed E-state index contributed by atoms with van der Waals surface area (Å²) >= 11 is 1.49. The van der Waals surface area contributed by atoms with Crippen molar-refractivity contribution in [1.29, 1.82) is 0 Å². The fourth-order valence-corrected chi connectivity index (χ4v) is 1.46. The van der Waals surface area contributed by atoms with E-state index in [2.05, 4.69) is 4.98 Å². The molecule has 1 N–H and O–H groups in total. The van der Waals surface area contributed by atoms with Gasteiger partial charge in [-0.25, -0.2) is 0 Å². The molecule has 0 radical (unpaired) electrons. The van der Waals surface area contributed by atoms with Gasteiger partial charge in [-0.15, -0.1) is 11.3 Å². The van der Waals surface area contributed by atoms with Crippen molar-refractivity contribution in [3.8, 4) is 0 Å². The first kappa shape index (κ1) is 8.20. The van der Waals surface area contributed by atoms with Crippen molar-refractivity contribution >= 4 is 17.3 Å². The lowest BCUT2D eigenvalue weighted by molar-refractivity contribution is -0.141. The van der Waals surface area contributed by atoms with Crippen LogP contribution in [0.3, 0.4) is 0 Å². The summed E-state index contributed by atoms with van der Waals surface area (Å²) in [7, 11) is 0. The smallest absolute Gasteiger partial charge is 0.306 e. The normalized spacial score (nSPS) is 12.8. The van der Waals surface area contributed by atoms with E-state index in [1.807, 2.05) is 0 Å². The van der Waals surface area contributed by atoms with Crippen LogP contribution in [0.2, 0.25) is 0 Å². The monoisotopic (exact) mass is 171 g/mol. The van der Waals surface area contributed by atoms with Gasteiger partial charge in [0.25, 0.3) is 0 Å². The zero-order chi connectivity index (χ0) is 8.27. The summed E-state index contributed by atoms with van der Waals surface area (Å²) in [5.74, 6) is -1.06. The van der Waals surface area contributed by atoms with Crippen molar-refractivity contribution in [3.63, 3.8) is 0 Å². The predicted molar refractivity (Wildman–Crippen MR) is 42.6 cm³/mol. The van der Waals surface area contributed by atoms with E-state index in [0.717, 1.165) is 4.88 Å². The minimum Gasteiger partial charge on any atom is -0.481 e. The third-order valence-corrected chi connectivity index (χ3v) is 2.21. The summed E-state index contributed by atoms with van der Waals surface area (Å²) < 4.78 is 0. The molecule has 0 saturated carbocycles. The molecule has 4 heteroatoms. The van der Waals surface area contributed by atoms with Crippen molar-refractivity contribution in [2.24, 2.45) is 5.92 Å². The molecular weight excluding hydrogens is 162 g/mol. The highest BCUT2D eigenvalue weighted by Crippen LogP contribution is 2.12. The van der Waals surface area contributed by atoms with E-state index < -0.39 is 5.97 Å². The number of aromatic nitrogens is 1. The molecule has 0 aromatic carbocycles. The second kappa shape index (κ2) is 3.48. The van der Waals surface area contributed by atoms with Crippen molar-refractivity contribution in [1.82, 2.24) is 4.98 Å². The largest absolute Gasteiger partial charge is 0.481 e. The summed E-state index contributed by atoms with van der Waals surface area (Å²) in [6.45, 7) is 1.70. The number of rotatable bonds is 3. The molecule has 0 aliphatic rings. The first-order valence-electron chi connectivity index (χ1n) is 3.30. The van der Waals surface area contributed by atoms with Gasteiger partial charge >= 0.3 is 5.97 Å². The number of nitrogens with zero attached hydrogens (tertiary/aromatic N) is 1. The number of carbonyl (C=O) groups is 1. The van der Waals surface area contributed by atoms with Crippen LogP contribution < -0.4 is 0 Å². The Balaban J connectivity index is 2.50. The highest BCUT2D eigenvalue weighted by molar-refractivity contribution is 7.09. The molecule has 1 aromatic rings. The quantitative estimate of drug-likeness (QED) is 0.748. The topological polar surface area (TPSA) is 50.2 Å². The van der Waals surface area contributed by atoms with E-state index in [9.17, 15) is 4.79 Å². The van der Waals surface area contributed by atoms with Crippen LogP contribution in [-0.2, 0) is 11.2 Å². The summed E-state index contributed by atoms with van der Waals surface area (Å²) in [4.78, 5) is 15.3. The number of hydrogen-bond acceptors (Lipinski definition) is 3. The molecule has 1 atom stereocenters. The molecule has 1 aromatic heterocycles. The van der Waals surface area contributed by atoms with E-state index in [0.29, 0.717) is 6.42 Å². The number of aliphatic carboxylic acids is 1. The Morgan fingerprint density at radius 3 is 3.09 bits per heavy atom. The molecule has 0 aliphatic carbocycles. The van der Waals surface area contributed by atoms with Gasteiger partial charge in [0.2, 0.25) is 0 Å². The van der Waals surface area contributed by atoms with Gasteiger partial charge in [-0.1, -0.05) is 6.92 Å². The van der Waals surface area contributed by atoms with E-state index >= 15 is 0 Å². The Labute approximate surface area is 68.7 Å². The third kappa shape index (κ3) is 2.31. The Kier molecular flexibility index (Phi) is 2.59. The highest BCUT2D eigenvalue weighted by Gasteiger charge is 2.11. The maximum absolute atomic E-state index is 10.4. The molecule has 11 heavy (non-hydrogen) atoms. The minimum absolute atomic E-state index is 0.310. The van der Waals surface area contributed by atoms with Crippen LogP contribution in [0.1, 0.15) is 11.8 Å². The Bertz CT molecular complexity index is 233. The molecule has 0 amide bonds. The first-order chi connectivity index (χ1) is 5.20. The molecule has 0 bridgehead atoms. The van der Waals surface area contributed by atoms with Gasteiger partial charge in [0.05, 0.1) is 11.4 Å². The van der Waals surface area contributed by atoms with Gasteiger partial charge in [-0.2, -0.15) is 0 Å². The summed E-state index contributed by atoms with van der Waals surface area (Å²) in [5, 5.41) is 8.57. The van der Waals surface area contributed by atoms with Crippen LogP contribution in [0.4, 0.5) is 0 Å². The number of thiazole rings is 1. The molecule has 60 valence electrons. The second-order valence-corrected chi connectivity index (χ2v) is 3.38. The summed E-state index contributed by atoms with van der Waals surface area (Å²) in [6, 6.07) is 0. The third-order valence-electron chi connectivity index (χ3n) is 1.41. The lowest BCUT2D eigenvalue weighted by Gasteiger charge is -2.01. The lowest BCUT2D eigenvalue weighted by atomic mass is 10.1. The predicted octanol–water partition coefficient (Wildman–Crippen LogP) is 1.41.